The molecule has 0 bridgehead atoms. The summed E-state index contributed by atoms with van der Waals surface area (Å²) in [4.78, 5) is 0. The molecule has 0 aliphatic carbocycles. The maximum Gasteiger partial charge on any atom is 0.203 e. The van der Waals surface area contributed by atoms with E-state index >= 15 is 0 Å². The van der Waals surface area contributed by atoms with Crippen molar-refractivity contribution in [1.29, 1.82) is 5.41 Å². The van der Waals surface area contributed by atoms with Crippen LogP contribution in [0.5, 0.6) is 5.75 Å². The zero-order valence-corrected chi connectivity index (χ0v) is 20.3. The van der Waals surface area contributed by atoms with Crippen LogP contribution in [0.4, 0.5) is 0 Å². The zero-order chi connectivity index (χ0) is 24.5. The molecule has 3 aromatic carbocycles. The van der Waals surface area contributed by atoms with Crippen LogP contribution in [0.2, 0.25) is 10.0 Å². The largest absolute Gasteiger partial charge is 0.494 e. The van der Waals surface area contributed by atoms with Gasteiger partial charge in [0, 0.05) is 0 Å². The molecule has 178 valence electrons. The van der Waals surface area contributed by atoms with Crippen LogP contribution in [0.25, 0.3) is 16.7 Å². The first kappa shape index (κ1) is 23.2. The summed E-state index contributed by atoms with van der Waals surface area (Å²) >= 11 is 12.1. The molecule has 0 saturated carbocycles. The highest BCUT2D eigenvalue weighted by molar-refractivity contribution is 6.42. The van der Waals surface area contributed by atoms with E-state index in [9.17, 15) is 5.11 Å². The van der Waals surface area contributed by atoms with Gasteiger partial charge in [0.1, 0.15) is 17.1 Å². The summed E-state index contributed by atoms with van der Waals surface area (Å²) in [6, 6.07) is 20.3. The molecule has 2 aromatic heterocycles. The number of fused-ring (bicyclic) bond motifs is 1. The van der Waals surface area contributed by atoms with Crippen molar-refractivity contribution in [2.24, 2.45) is 0 Å². The number of para-hydroxylation sites is 4. The lowest BCUT2D eigenvalue weighted by atomic mass is 10.1. The Kier molecular flexibility index (Phi) is 6.34. The van der Waals surface area contributed by atoms with Gasteiger partial charge in [0.2, 0.25) is 5.62 Å². The molecule has 0 spiro atoms. The number of ether oxygens (including phenoxy) is 1. The molecule has 5 rings (SSSR count). The van der Waals surface area contributed by atoms with E-state index in [1.807, 2.05) is 59.3 Å². The van der Waals surface area contributed by atoms with Gasteiger partial charge in [-0.05, 0) is 42.0 Å². The number of imidazole rings is 1. The summed E-state index contributed by atoms with van der Waals surface area (Å²) in [7, 11) is 1.61. The first-order valence-electron chi connectivity index (χ1n) is 10.9. The van der Waals surface area contributed by atoms with Gasteiger partial charge in [-0.3, -0.25) is 5.41 Å². The maximum absolute atomic E-state index is 10.9. The molecule has 8 nitrogen and oxygen atoms in total. The van der Waals surface area contributed by atoms with Crippen molar-refractivity contribution in [3.63, 3.8) is 0 Å². The average Bonchev–Trinajstić information content (AvgIpc) is 3.44. The van der Waals surface area contributed by atoms with E-state index < -0.39 is 6.10 Å². The van der Waals surface area contributed by atoms with Crippen molar-refractivity contribution in [2.75, 3.05) is 7.11 Å². The van der Waals surface area contributed by atoms with Gasteiger partial charge in [-0.1, -0.05) is 58.7 Å². The minimum absolute atomic E-state index is 0.179. The fourth-order valence-corrected chi connectivity index (χ4v) is 4.41. The molecule has 10 heteroatoms. The normalized spacial score (nSPS) is 12.2. The molecule has 0 fully saturated rings. The highest BCUT2D eigenvalue weighted by Gasteiger charge is 2.17. The van der Waals surface area contributed by atoms with E-state index in [0.29, 0.717) is 33.6 Å². The van der Waals surface area contributed by atoms with E-state index in [0.717, 1.165) is 16.7 Å². The topological polar surface area (TPSA) is 93.9 Å². The highest BCUT2D eigenvalue weighted by atomic mass is 35.5. The fraction of sp³-hybridized carbons (Fsp3) is 0.160. The predicted molar refractivity (Wildman–Crippen MR) is 134 cm³/mol. The SMILES string of the molecule is COc1ccccc1-n1cc(Cn2c(=N)n(CC(O)c3ccc(Cl)c(Cl)c3)c3ccccc32)nn1. The predicted octanol–water partition coefficient (Wildman–Crippen LogP) is 4.60. The second-order valence-corrected chi connectivity index (χ2v) is 8.84. The van der Waals surface area contributed by atoms with Crippen LogP contribution >= 0.6 is 23.2 Å². The van der Waals surface area contributed by atoms with Crippen LogP contribution in [-0.2, 0) is 13.1 Å². The summed E-state index contributed by atoms with van der Waals surface area (Å²) in [6.45, 7) is 0.516. The number of methoxy groups -OCH3 is 1. The molecule has 1 atom stereocenters. The molecule has 2 N–H and O–H groups in total. The second-order valence-electron chi connectivity index (χ2n) is 8.02. The molecule has 0 saturated heterocycles. The third kappa shape index (κ3) is 4.43. The Morgan fingerprint density at radius 2 is 1.69 bits per heavy atom. The average molecular weight is 509 g/mol. The number of halogens is 2. The van der Waals surface area contributed by atoms with Crippen molar-refractivity contribution < 1.29 is 9.84 Å². The molecule has 0 aliphatic rings. The number of hydrogen-bond acceptors (Lipinski definition) is 5. The number of aromatic nitrogens is 5. The molecular weight excluding hydrogens is 487 g/mol. The lowest BCUT2D eigenvalue weighted by Gasteiger charge is -2.13. The van der Waals surface area contributed by atoms with E-state index in [2.05, 4.69) is 10.3 Å². The standard InChI is InChI=1S/C25H22Cl2N6O2/c1-35-24-9-5-4-8-22(24)33-14-17(29-30-33)13-31-20-6-2-3-7-21(20)32(25(31)28)15-23(34)16-10-11-18(26)19(27)12-16/h2-12,14,23,28,34H,13,15H2,1H3. The van der Waals surface area contributed by atoms with Gasteiger partial charge in [-0.25, -0.2) is 4.68 Å². The summed E-state index contributed by atoms with van der Waals surface area (Å²) in [5.41, 5.74) is 4.00. The van der Waals surface area contributed by atoms with Gasteiger partial charge in [0.25, 0.3) is 0 Å². The molecule has 0 aliphatic heterocycles. The maximum atomic E-state index is 10.9. The number of benzene rings is 3. The Morgan fingerprint density at radius 1 is 0.971 bits per heavy atom. The molecule has 35 heavy (non-hydrogen) atoms. The number of nitrogens with one attached hydrogen (secondary N) is 1. The van der Waals surface area contributed by atoms with E-state index in [1.165, 1.54) is 0 Å². The van der Waals surface area contributed by atoms with Crippen LogP contribution in [0.3, 0.4) is 0 Å². The lowest BCUT2D eigenvalue weighted by Crippen LogP contribution is -2.27. The number of rotatable bonds is 7. The first-order chi connectivity index (χ1) is 17.0. The summed E-state index contributed by atoms with van der Waals surface area (Å²) < 4.78 is 10.7. The Labute approximate surface area is 211 Å². The Hall–Kier alpha value is -3.59. The number of nitrogens with zero attached hydrogens (tertiary/aromatic N) is 5. The molecule has 1 unspecified atom stereocenters. The summed E-state index contributed by atoms with van der Waals surface area (Å²) in [6.07, 6.45) is 0.950. The zero-order valence-electron chi connectivity index (χ0n) is 18.8. The Balaban J connectivity index is 1.48. The number of aliphatic hydroxyl groups is 1. The van der Waals surface area contributed by atoms with Gasteiger partial charge < -0.3 is 19.0 Å². The Bertz CT molecular complexity index is 1570. The van der Waals surface area contributed by atoms with E-state index in [-0.39, 0.29) is 12.2 Å². The van der Waals surface area contributed by atoms with Gasteiger partial charge in [0.05, 0.1) is 53.6 Å². The summed E-state index contributed by atoms with van der Waals surface area (Å²) in [5, 5.41) is 29.1. The van der Waals surface area contributed by atoms with Crippen molar-refractivity contribution in [2.45, 2.75) is 19.2 Å². The molecule has 0 amide bonds. The molecule has 2 heterocycles. The quantitative estimate of drug-likeness (QED) is 0.335. The van der Waals surface area contributed by atoms with Crippen molar-refractivity contribution in [3.8, 4) is 11.4 Å². The minimum Gasteiger partial charge on any atom is -0.494 e. The van der Waals surface area contributed by atoms with Crippen molar-refractivity contribution in [1.82, 2.24) is 24.1 Å². The molecular formula is C25H22Cl2N6O2. The third-order valence-electron chi connectivity index (χ3n) is 5.85. The smallest absolute Gasteiger partial charge is 0.203 e. The van der Waals surface area contributed by atoms with Crippen LogP contribution in [0, 0.1) is 5.41 Å². The van der Waals surface area contributed by atoms with Crippen LogP contribution < -0.4 is 10.4 Å². The van der Waals surface area contributed by atoms with Crippen molar-refractivity contribution in [3.05, 3.63) is 99.8 Å². The number of hydrogen-bond donors (Lipinski definition) is 2. The van der Waals surface area contributed by atoms with Crippen LogP contribution in [0.1, 0.15) is 17.4 Å². The second kappa shape index (κ2) is 9.58. The Morgan fingerprint density at radius 3 is 2.43 bits per heavy atom. The van der Waals surface area contributed by atoms with Gasteiger partial charge in [-0.15, -0.1) is 5.10 Å². The van der Waals surface area contributed by atoms with Crippen LogP contribution in [0.15, 0.2) is 72.9 Å². The van der Waals surface area contributed by atoms with Gasteiger partial charge in [-0.2, -0.15) is 0 Å². The van der Waals surface area contributed by atoms with Crippen LogP contribution in [-0.4, -0.2) is 36.3 Å². The summed E-state index contributed by atoms with van der Waals surface area (Å²) in [5.74, 6) is 0.686. The monoisotopic (exact) mass is 508 g/mol. The number of aliphatic hydroxyl groups excluding tert-OH is 1. The van der Waals surface area contributed by atoms with Gasteiger partial charge >= 0.3 is 0 Å². The fourth-order valence-electron chi connectivity index (χ4n) is 4.11. The molecule has 0 radical (unpaired) electrons. The third-order valence-corrected chi connectivity index (χ3v) is 6.59. The van der Waals surface area contributed by atoms with E-state index in [1.54, 1.807) is 34.6 Å². The minimum atomic E-state index is -0.871. The highest BCUT2D eigenvalue weighted by Crippen LogP contribution is 2.27. The first-order valence-corrected chi connectivity index (χ1v) is 11.6. The molecule has 5 aromatic rings. The lowest BCUT2D eigenvalue weighted by molar-refractivity contribution is 0.155. The van der Waals surface area contributed by atoms with Crippen molar-refractivity contribution >= 4 is 34.2 Å². The van der Waals surface area contributed by atoms with Gasteiger partial charge in [0.15, 0.2) is 0 Å². The van der Waals surface area contributed by atoms with E-state index in [4.69, 9.17) is 33.3 Å².